The van der Waals surface area contributed by atoms with Crippen molar-refractivity contribution >= 4 is 28.4 Å². The fourth-order valence-electron chi connectivity index (χ4n) is 3.20. The number of hydrogen-bond acceptors (Lipinski definition) is 4. The Bertz CT molecular complexity index is 1070. The predicted molar refractivity (Wildman–Crippen MR) is 101 cm³/mol. The van der Waals surface area contributed by atoms with Gasteiger partial charge in [-0.3, -0.25) is 19.3 Å². The molecule has 1 heterocycles. The molecular formula is C22H17NO4. The van der Waals surface area contributed by atoms with Crippen molar-refractivity contribution in [3.63, 3.8) is 0 Å². The molecule has 0 bridgehead atoms. The van der Waals surface area contributed by atoms with Gasteiger partial charge in [0.15, 0.2) is 11.9 Å². The highest BCUT2D eigenvalue weighted by Gasteiger charge is 2.35. The normalized spacial score (nSPS) is 16.6. The molecule has 4 rings (SSSR count). The molecule has 0 aliphatic carbocycles. The van der Waals surface area contributed by atoms with Crippen molar-refractivity contribution in [2.45, 2.75) is 13.0 Å². The quantitative estimate of drug-likeness (QED) is 0.531. The van der Waals surface area contributed by atoms with Crippen molar-refractivity contribution in [2.24, 2.45) is 0 Å². The molecule has 1 aliphatic heterocycles. The molecule has 0 saturated carbocycles. The average molecular weight is 359 g/mol. The molecule has 27 heavy (non-hydrogen) atoms. The lowest BCUT2D eigenvalue weighted by Gasteiger charge is -2.19. The Balaban J connectivity index is 1.66. The smallest absolute Gasteiger partial charge is 0.270 e. The Labute approximate surface area is 156 Å². The largest absolute Gasteiger partial charge is 0.480 e. The van der Waals surface area contributed by atoms with E-state index in [2.05, 4.69) is 0 Å². The van der Waals surface area contributed by atoms with Gasteiger partial charge in [-0.05, 0) is 35.9 Å². The number of imide groups is 1. The van der Waals surface area contributed by atoms with Gasteiger partial charge in [-0.1, -0.05) is 48.5 Å². The van der Waals surface area contributed by atoms with Crippen LogP contribution in [-0.2, 0) is 4.79 Å². The van der Waals surface area contributed by atoms with E-state index in [1.54, 1.807) is 43.3 Å². The van der Waals surface area contributed by atoms with E-state index in [1.165, 1.54) is 0 Å². The third-order valence-electron chi connectivity index (χ3n) is 4.65. The Morgan fingerprint density at radius 1 is 0.963 bits per heavy atom. The van der Waals surface area contributed by atoms with Gasteiger partial charge in [0.05, 0.1) is 12.1 Å². The van der Waals surface area contributed by atoms with Crippen LogP contribution in [0.25, 0.3) is 10.8 Å². The van der Waals surface area contributed by atoms with Gasteiger partial charge in [-0.25, -0.2) is 0 Å². The monoisotopic (exact) mass is 359 g/mol. The van der Waals surface area contributed by atoms with Gasteiger partial charge in [0.1, 0.15) is 5.75 Å². The molecule has 0 aromatic heterocycles. The molecule has 5 nitrogen and oxygen atoms in total. The minimum Gasteiger partial charge on any atom is -0.480 e. The van der Waals surface area contributed by atoms with Gasteiger partial charge in [0.2, 0.25) is 0 Å². The first-order valence-corrected chi connectivity index (χ1v) is 8.68. The molecule has 0 spiro atoms. The minimum absolute atomic E-state index is 0.279. The summed E-state index contributed by atoms with van der Waals surface area (Å²) in [6.45, 7) is 1.25. The lowest BCUT2D eigenvalue weighted by molar-refractivity contribution is -0.134. The Kier molecular flexibility index (Phi) is 4.20. The first-order chi connectivity index (χ1) is 13.0. The molecule has 5 heteroatoms. The van der Waals surface area contributed by atoms with E-state index < -0.39 is 17.9 Å². The van der Waals surface area contributed by atoms with Gasteiger partial charge in [-0.2, -0.15) is 0 Å². The summed E-state index contributed by atoms with van der Waals surface area (Å²) in [4.78, 5) is 39.2. The Hall–Kier alpha value is -3.47. The zero-order valence-corrected chi connectivity index (χ0v) is 14.7. The van der Waals surface area contributed by atoms with Crippen molar-refractivity contribution in [1.29, 1.82) is 0 Å². The van der Waals surface area contributed by atoms with E-state index in [9.17, 15) is 14.4 Å². The summed E-state index contributed by atoms with van der Waals surface area (Å²) in [5, 5.41) is 1.95. The van der Waals surface area contributed by atoms with E-state index in [1.807, 2.05) is 30.3 Å². The van der Waals surface area contributed by atoms with Crippen molar-refractivity contribution < 1.29 is 19.1 Å². The lowest BCUT2D eigenvalue weighted by atomic mass is 10.0. The summed E-state index contributed by atoms with van der Waals surface area (Å²) in [6.07, 6.45) is -0.845. The standard InChI is InChI=1S/C22H17NO4/c1-14-21(25)23(22(26)18-8-4-5-9-20(18)27-14)13-19(24)17-11-10-15-6-2-3-7-16(15)12-17/h2-12,14H,13H2,1H3/t14-/m0/s1. The number of para-hydroxylation sites is 1. The van der Waals surface area contributed by atoms with Crippen LogP contribution in [0.4, 0.5) is 0 Å². The molecule has 3 aromatic rings. The van der Waals surface area contributed by atoms with E-state index in [0.717, 1.165) is 15.7 Å². The number of fused-ring (bicyclic) bond motifs is 2. The molecule has 2 amide bonds. The van der Waals surface area contributed by atoms with Crippen molar-refractivity contribution in [1.82, 2.24) is 4.90 Å². The SMILES string of the molecule is C[C@@H]1Oc2ccccc2C(=O)N(CC(=O)c2ccc3ccccc3c2)C1=O. The van der Waals surface area contributed by atoms with Gasteiger partial charge >= 0.3 is 0 Å². The number of carbonyl (C=O) groups excluding carboxylic acids is 3. The van der Waals surface area contributed by atoms with E-state index in [-0.39, 0.29) is 17.9 Å². The highest BCUT2D eigenvalue weighted by molar-refractivity contribution is 6.12. The fraction of sp³-hybridized carbons (Fsp3) is 0.136. The third kappa shape index (κ3) is 3.08. The number of nitrogens with zero attached hydrogens (tertiary/aromatic N) is 1. The van der Waals surface area contributed by atoms with Crippen molar-refractivity contribution in [3.8, 4) is 5.75 Å². The first kappa shape index (κ1) is 17.0. The molecule has 0 fully saturated rings. The van der Waals surface area contributed by atoms with E-state index in [4.69, 9.17) is 4.74 Å². The Morgan fingerprint density at radius 2 is 1.67 bits per heavy atom. The van der Waals surface area contributed by atoms with Gasteiger partial charge in [0, 0.05) is 5.56 Å². The molecule has 1 aliphatic rings. The zero-order valence-electron chi connectivity index (χ0n) is 14.7. The lowest BCUT2D eigenvalue weighted by Crippen LogP contribution is -2.44. The number of ketones is 1. The second-order valence-electron chi connectivity index (χ2n) is 6.47. The molecule has 1 atom stereocenters. The van der Waals surface area contributed by atoms with Gasteiger partial charge in [0.25, 0.3) is 11.8 Å². The van der Waals surface area contributed by atoms with Crippen LogP contribution in [-0.4, -0.2) is 35.1 Å². The van der Waals surface area contributed by atoms with Crippen LogP contribution >= 0.6 is 0 Å². The number of Topliss-reactive ketones (excluding diaryl/α,β-unsaturated/α-hetero) is 1. The Morgan fingerprint density at radius 3 is 2.48 bits per heavy atom. The average Bonchev–Trinajstić information content (AvgIpc) is 2.78. The van der Waals surface area contributed by atoms with Crippen LogP contribution in [0.15, 0.2) is 66.7 Å². The maximum absolute atomic E-state index is 12.8. The molecule has 134 valence electrons. The molecule has 0 saturated heterocycles. The fourth-order valence-corrected chi connectivity index (χ4v) is 3.20. The van der Waals surface area contributed by atoms with Crippen LogP contribution in [0, 0.1) is 0 Å². The maximum Gasteiger partial charge on any atom is 0.270 e. The molecule has 0 radical (unpaired) electrons. The zero-order chi connectivity index (χ0) is 19.0. The van der Waals surface area contributed by atoms with Crippen LogP contribution in [0.2, 0.25) is 0 Å². The van der Waals surface area contributed by atoms with Gasteiger partial charge < -0.3 is 4.74 Å². The number of benzene rings is 3. The summed E-state index contributed by atoms with van der Waals surface area (Å²) in [6, 6.07) is 19.7. The van der Waals surface area contributed by atoms with Crippen LogP contribution < -0.4 is 4.74 Å². The van der Waals surface area contributed by atoms with Crippen molar-refractivity contribution in [3.05, 3.63) is 77.9 Å². The number of ether oxygens (including phenoxy) is 1. The molecule has 3 aromatic carbocycles. The van der Waals surface area contributed by atoms with Crippen LogP contribution in [0.1, 0.15) is 27.6 Å². The molecular weight excluding hydrogens is 342 g/mol. The van der Waals surface area contributed by atoms with Crippen molar-refractivity contribution in [2.75, 3.05) is 6.54 Å². The molecule has 0 N–H and O–H groups in total. The molecule has 0 unspecified atom stereocenters. The van der Waals surface area contributed by atoms with E-state index >= 15 is 0 Å². The predicted octanol–water partition coefficient (Wildman–Crippen LogP) is 3.47. The minimum atomic E-state index is -0.845. The highest BCUT2D eigenvalue weighted by atomic mass is 16.5. The maximum atomic E-state index is 12.8. The van der Waals surface area contributed by atoms with Gasteiger partial charge in [-0.15, -0.1) is 0 Å². The number of amides is 2. The van der Waals surface area contributed by atoms with Crippen LogP contribution in [0.3, 0.4) is 0 Å². The third-order valence-corrected chi connectivity index (χ3v) is 4.65. The first-order valence-electron chi connectivity index (χ1n) is 8.68. The highest BCUT2D eigenvalue weighted by Crippen LogP contribution is 2.26. The van der Waals surface area contributed by atoms with Crippen LogP contribution in [0.5, 0.6) is 5.75 Å². The summed E-state index contributed by atoms with van der Waals surface area (Å²) >= 11 is 0. The second kappa shape index (κ2) is 6.68. The summed E-state index contributed by atoms with van der Waals surface area (Å²) in [5.74, 6) is -0.988. The summed E-state index contributed by atoms with van der Waals surface area (Å²) < 4.78 is 5.59. The number of carbonyl (C=O) groups is 3. The van der Waals surface area contributed by atoms with E-state index in [0.29, 0.717) is 11.3 Å². The number of hydrogen-bond donors (Lipinski definition) is 0. The summed E-state index contributed by atoms with van der Waals surface area (Å²) in [7, 11) is 0. The summed E-state index contributed by atoms with van der Waals surface area (Å²) in [5.41, 5.74) is 0.738. The number of rotatable bonds is 3. The second-order valence-corrected chi connectivity index (χ2v) is 6.47. The topological polar surface area (TPSA) is 63.7 Å².